The van der Waals surface area contributed by atoms with Crippen molar-refractivity contribution in [1.82, 2.24) is 15.1 Å². The molecule has 2 aromatic heterocycles. The van der Waals surface area contributed by atoms with Gasteiger partial charge in [-0.15, -0.1) is 0 Å². The molecule has 3 rings (SSSR count). The molecule has 5 nitrogen and oxygen atoms in total. The quantitative estimate of drug-likeness (QED) is 0.779. The molecule has 0 aliphatic heterocycles. The van der Waals surface area contributed by atoms with Crippen molar-refractivity contribution in [2.75, 3.05) is 0 Å². The average Bonchev–Trinajstić information content (AvgIpc) is 2.89. The second-order valence-corrected chi connectivity index (χ2v) is 4.28. The van der Waals surface area contributed by atoms with Gasteiger partial charge in [-0.1, -0.05) is 28.9 Å². The average molecular weight is 274 g/mol. The van der Waals surface area contributed by atoms with Crippen LogP contribution in [-0.4, -0.2) is 15.1 Å². The molecule has 2 heterocycles. The molecule has 19 heavy (non-hydrogen) atoms. The van der Waals surface area contributed by atoms with Crippen molar-refractivity contribution in [3.8, 4) is 22.8 Å². The molecular formula is C13H8ClN3O2. The van der Waals surface area contributed by atoms with Crippen LogP contribution in [0.5, 0.6) is 0 Å². The fourth-order valence-corrected chi connectivity index (χ4v) is 1.86. The molecule has 6 heteroatoms. The van der Waals surface area contributed by atoms with Crippen molar-refractivity contribution >= 4 is 11.6 Å². The van der Waals surface area contributed by atoms with E-state index in [2.05, 4.69) is 15.1 Å². The minimum atomic E-state index is -0.274. The maximum absolute atomic E-state index is 11.6. The Kier molecular flexibility index (Phi) is 2.89. The zero-order valence-electron chi connectivity index (χ0n) is 9.63. The number of aromatic nitrogens is 3. The molecule has 0 aliphatic rings. The Morgan fingerprint density at radius 3 is 2.89 bits per heavy atom. The van der Waals surface area contributed by atoms with Crippen LogP contribution in [0.3, 0.4) is 0 Å². The van der Waals surface area contributed by atoms with Crippen LogP contribution in [0.4, 0.5) is 0 Å². The molecule has 0 amide bonds. The number of rotatable bonds is 2. The van der Waals surface area contributed by atoms with Gasteiger partial charge >= 0.3 is 0 Å². The molecule has 0 saturated heterocycles. The van der Waals surface area contributed by atoms with Crippen molar-refractivity contribution in [2.45, 2.75) is 0 Å². The van der Waals surface area contributed by atoms with E-state index in [9.17, 15) is 4.79 Å². The number of pyridine rings is 1. The maximum atomic E-state index is 11.6. The van der Waals surface area contributed by atoms with Crippen molar-refractivity contribution in [3.63, 3.8) is 0 Å². The predicted octanol–water partition coefficient (Wildman–Crippen LogP) is 2.75. The van der Waals surface area contributed by atoms with Gasteiger partial charge in [0, 0.05) is 16.8 Å². The van der Waals surface area contributed by atoms with Crippen molar-refractivity contribution < 1.29 is 4.52 Å². The summed E-state index contributed by atoms with van der Waals surface area (Å²) in [6.07, 6.45) is 1.54. The van der Waals surface area contributed by atoms with Gasteiger partial charge in [0.25, 0.3) is 11.4 Å². The van der Waals surface area contributed by atoms with E-state index in [0.29, 0.717) is 16.4 Å². The van der Waals surface area contributed by atoms with E-state index < -0.39 is 0 Å². The van der Waals surface area contributed by atoms with E-state index >= 15 is 0 Å². The number of H-pyrrole nitrogens is 1. The lowest BCUT2D eigenvalue weighted by molar-refractivity contribution is 0.432. The van der Waals surface area contributed by atoms with E-state index in [1.54, 1.807) is 36.5 Å². The predicted molar refractivity (Wildman–Crippen MR) is 70.8 cm³/mol. The second kappa shape index (κ2) is 4.70. The Morgan fingerprint density at radius 1 is 1.21 bits per heavy atom. The van der Waals surface area contributed by atoms with E-state index in [1.807, 2.05) is 6.07 Å². The standard InChI is InChI=1S/C13H8ClN3O2/c14-9-4-1-3-8(7-9)11-16-13(19-17-11)10-5-2-6-15-12(10)18/h1-7H,(H,15,18). The molecule has 1 aromatic carbocycles. The highest BCUT2D eigenvalue weighted by Crippen LogP contribution is 2.22. The second-order valence-electron chi connectivity index (χ2n) is 3.85. The molecule has 0 bridgehead atoms. The van der Waals surface area contributed by atoms with Gasteiger partial charge in [-0.25, -0.2) is 0 Å². The van der Waals surface area contributed by atoms with Gasteiger partial charge in [0.2, 0.25) is 5.82 Å². The molecule has 94 valence electrons. The SMILES string of the molecule is O=c1[nH]cccc1-c1nc(-c2cccc(Cl)c2)no1. The molecule has 0 spiro atoms. The molecular weight excluding hydrogens is 266 g/mol. The van der Waals surface area contributed by atoms with Gasteiger partial charge in [-0.3, -0.25) is 4.79 Å². The first-order chi connectivity index (χ1) is 9.24. The van der Waals surface area contributed by atoms with Crippen LogP contribution in [0.15, 0.2) is 51.9 Å². The summed E-state index contributed by atoms with van der Waals surface area (Å²) in [5, 5.41) is 4.43. The Hall–Kier alpha value is -2.40. The monoisotopic (exact) mass is 273 g/mol. The van der Waals surface area contributed by atoms with Crippen LogP contribution in [0, 0.1) is 0 Å². The van der Waals surface area contributed by atoms with E-state index in [4.69, 9.17) is 16.1 Å². The molecule has 3 aromatic rings. The first-order valence-corrected chi connectivity index (χ1v) is 5.89. The third-order valence-corrected chi connectivity index (χ3v) is 2.79. The smallest absolute Gasteiger partial charge is 0.263 e. The van der Waals surface area contributed by atoms with E-state index in [0.717, 1.165) is 5.56 Å². The number of nitrogens with one attached hydrogen (secondary N) is 1. The Labute approximate surface area is 112 Å². The number of halogens is 1. The summed E-state index contributed by atoms with van der Waals surface area (Å²) in [6.45, 7) is 0. The molecule has 0 atom stereocenters. The fraction of sp³-hybridized carbons (Fsp3) is 0. The minimum Gasteiger partial charge on any atom is -0.333 e. The van der Waals surface area contributed by atoms with Crippen molar-refractivity contribution in [2.24, 2.45) is 0 Å². The van der Waals surface area contributed by atoms with Gasteiger partial charge in [0.1, 0.15) is 5.56 Å². The number of nitrogens with zero attached hydrogens (tertiary/aromatic N) is 2. The Bertz CT molecular complexity index is 779. The van der Waals surface area contributed by atoms with Gasteiger partial charge in [-0.2, -0.15) is 4.98 Å². The maximum Gasteiger partial charge on any atom is 0.263 e. The highest BCUT2D eigenvalue weighted by molar-refractivity contribution is 6.30. The van der Waals surface area contributed by atoms with Gasteiger partial charge in [0.05, 0.1) is 0 Å². The lowest BCUT2D eigenvalue weighted by Crippen LogP contribution is -2.06. The molecule has 0 aliphatic carbocycles. The summed E-state index contributed by atoms with van der Waals surface area (Å²) in [7, 11) is 0. The van der Waals surface area contributed by atoms with Gasteiger partial charge in [0.15, 0.2) is 0 Å². The zero-order valence-corrected chi connectivity index (χ0v) is 10.4. The number of aromatic amines is 1. The summed E-state index contributed by atoms with van der Waals surface area (Å²) in [5.41, 5.74) is 0.793. The fourth-order valence-electron chi connectivity index (χ4n) is 1.67. The van der Waals surface area contributed by atoms with Crippen LogP contribution in [0.25, 0.3) is 22.8 Å². The highest BCUT2D eigenvalue weighted by atomic mass is 35.5. The van der Waals surface area contributed by atoms with Crippen molar-refractivity contribution in [3.05, 3.63) is 58.0 Å². The number of hydrogen-bond donors (Lipinski definition) is 1. The third kappa shape index (κ3) is 2.28. The van der Waals surface area contributed by atoms with Gasteiger partial charge < -0.3 is 9.51 Å². The summed E-state index contributed by atoms with van der Waals surface area (Å²) in [5.74, 6) is 0.567. The van der Waals surface area contributed by atoms with Crippen molar-refractivity contribution in [1.29, 1.82) is 0 Å². The molecule has 0 radical (unpaired) electrons. The number of benzene rings is 1. The molecule has 0 fully saturated rings. The summed E-state index contributed by atoms with van der Waals surface area (Å²) in [6, 6.07) is 10.4. The van der Waals surface area contributed by atoms with Crippen LogP contribution in [0.1, 0.15) is 0 Å². The lowest BCUT2D eigenvalue weighted by atomic mass is 10.2. The first kappa shape index (κ1) is 11.7. The van der Waals surface area contributed by atoms with E-state index in [-0.39, 0.29) is 11.4 Å². The van der Waals surface area contributed by atoms with Crippen LogP contribution in [0.2, 0.25) is 5.02 Å². The molecule has 1 N–H and O–H groups in total. The van der Waals surface area contributed by atoms with Gasteiger partial charge in [-0.05, 0) is 24.3 Å². The zero-order chi connectivity index (χ0) is 13.2. The number of hydrogen-bond acceptors (Lipinski definition) is 4. The summed E-state index contributed by atoms with van der Waals surface area (Å²) in [4.78, 5) is 18.4. The summed E-state index contributed by atoms with van der Waals surface area (Å²) >= 11 is 5.90. The Morgan fingerprint density at radius 2 is 2.11 bits per heavy atom. The normalized spacial score (nSPS) is 10.6. The van der Waals surface area contributed by atoms with Crippen LogP contribution >= 0.6 is 11.6 Å². The molecule has 0 saturated carbocycles. The van der Waals surface area contributed by atoms with E-state index in [1.165, 1.54) is 0 Å². The largest absolute Gasteiger partial charge is 0.333 e. The summed E-state index contributed by atoms with van der Waals surface area (Å²) < 4.78 is 5.10. The third-order valence-electron chi connectivity index (χ3n) is 2.56. The first-order valence-electron chi connectivity index (χ1n) is 5.52. The highest BCUT2D eigenvalue weighted by Gasteiger charge is 2.13. The topological polar surface area (TPSA) is 71.8 Å². The minimum absolute atomic E-state index is 0.178. The van der Waals surface area contributed by atoms with Crippen LogP contribution < -0.4 is 5.56 Å². The lowest BCUT2D eigenvalue weighted by Gasteiger charge is -1.94. The Balaban J connectivity index is 2.05. The molecule has 0 unspecified atom stereocenters. The van der Waals surface area contributed by atoms with Crippen LogP contribution in [-0.2, 0) is 0 Å².